The van der Waals surface area contributed by atoms with E-state index in [1.807, 2.05) is 75.4 Å². The van der Waals surface area contributed by atoms with E-state index in [9.17, 15) is 9.59 Å². The summed E-state index contributed by atoms with van der Waals surface area (Å²) in [5.41, 5.74) is 8.91. The van der Waals surface area contributed by atoms with Crippen molar-refractivity contribution in [1.29, 1.82) is 0 Å². The zero-order valence-corrected chi connectivity index (χ0v) is 21.3. The van der Waals surface area contributed by atoms with Crippen molar-refractivity contribution in [1.82, 2.24) is 19.6 Å². The molecule has 0 bridgehead atoms. The Balaban J connectivity index is 1.91. The lowest BCUT2D eigenvalue weighted by Gasteiger charge is -2.35. The molecule has 2 aromatic carbocycles. The number of carbonyl (C=O) groups is 1. The molecule has 4 rings (SSSR count). The Morgan fingerprint density at radius 2 is 1.78 bits per heavy atom. The molecule has 1 amide bonds. The molecule has 36 heavy (non-hydrogen) atoms. The first-order valence-corrected chi connectivity index (χ1v) is 12.3. The van der Waals surface area contributed by atoms with E-state index >= 15 is 0 Å². The van der Waals surface area contributed by atoms with Crippen molar-refractivity contribution in [2.75, 3.05) is 13.1 Å². The molecule has 0 aliphatic heterocycles. The van der Waals surface area contributed by atoms with Crippen LogP contribution in [0.4, 0.5) is 0 Å². The van der Waals surface area contributed by atoms with Crippen molar-refractivity contribution < 1.29 is 9.32 Å². The maximum Gasteiger partial charge on any atom is 0.267 e. The first kappa shape index (κ1) is 25.3. The first-order valence-electron chi connectivity index (χ1n) is 12.3. The lowest BCUT2D eigenvalue weighted by molar-refractivity contribution is 0.0602. The van der Waals surface area contributed by atoms with E-state index in [2.05, 4.69) is 5.16 Å². The van der Waals surface area contributed by atoms with Gasteiger partial charge in [-0.3, -0.25) is 14.2 Å². The van der Waals surface area contributed by atoms with E-state index in [0.29, 0.717) is 48.5 Å². The van der Waals surface area contributed by atoms with Gasteiger partial charge < -0.3 is 15.2 Å². The minimum atomic E-state index is -0.489. The van der Waals surface area contributed by atoms with Gasteiger partial charge in [0.1, 0.15) is 11.2 Å². The standard InChI is InChI=1S/C28H33N5O3/c1-18(2)24(32(16-8-15-29)27(34)22-13-11-19(3)12-14-22)25-30-26-23(20(4)31-36-26)28(35)33(25)17-21-9-6-5-7-10-21/h5-7,9-14,18,24H,8,15-17,29H2,1-4H3/t24-/m1/s1. The summed E-state index contributed by atoms with van der Waals surface area (Å²) in [6.45, 7) is 8.95. The van der Waals surface area contributed by atoms with Crippen LogP contribution in [-0.4, -0.2) is 38.6 Å². The molecular weight excluding hydrogens is 454 g/mol. The van der Waals surface area contributed by atoms with Gasteiger partial charge >= 0.3 is 0 Å². The molecule has 2 aromatic heterocycles. The van der Waals surface area contributed by atoms with Crippen molar-refractivity contribution in [3.63, 3.8) is 0 Å². The number of nitrogens with two attached hydrogens (primary N) is 1. The molecular formula is C28H33N5O3. The van der Waals surface area contributed by atoms with Gasteiger partial charge in [0.2, 0.25) is 0 Å². The van der Waals surface area contributed by atoms with Gasteiger partial charge in [-0.2, -0.15) is 4.98 Å². The zero-order chi connectivity index (χ0) is 25.8. The number of carbonyl (C=O) groups excluding carboxylic acids is 1. The molecule has 0 saturated carbocycles. The average Bonchev–Trinajstić information content (AvgIpc) is 3.24. The van der Waals surface area contributed by atoms with Crippen LogP contribution < -0.4 is 11.3 Å². The van der Waals surface area contributed by atoms with Crippen molar-refractivity contribution in [3.8, 4) is 0 Å². The van der Waals surface area contributed by atoms with Crippen LogP contribution in [0.3, 0.4) is 0 Å². The molecule has 4 aromatic rings. The zero-order valence-electron chi connectivity index (χ0n) is 21.3. The van der Waals surface area contributed by atoms with Gasteiger partial charge in [0.15, 0.2) is 0 Å². The van der Waals surface area contributed by atoms with Crippen LogP contribution in [0.1, 0.15) is 59.3 Å². The molecule has 1 atom stereocenters. The summed E-state index contributed by atoms with van der Waals surface area (Å²) in [5.74, 6) is 0.295. The molecule has 188 valence electrons. The largest absolute Gasteiger partial charge is 0.335 e. The quantitative estimate of drug-likeness (QED) is 0.378. The highest BCUT2D eigenvalue weighted by atomic mass is 16.5. The highest BCUT2D eigenvalue weighted by molar-refractivity contribution is 5.94. The predicted molar refractivity (Wildman–Crippen MR) is 140 cm³/mol. The van der Waals surface area contributed by atoms with Crippen molar-refractivity contribution in [2.45, 2.75) is 46.7 Å². The molecule has 8 nitrogen and oxygen atoms in total. The number of amides is 1. The number of rotatable bonds is 9. The van der Waals surface area contributed by atoms with Crippen molar-refractivity contribution in [3.05, 3.63) is 93.2 Å². The van der Waals surface area contributed by atoms with Gasteiger partial charge in [-0.1, -0.05) is 67.0 Å². The molecule has 2 heterocycles. The summed E-state index contributed by atoms with van der Waals surface area (Å²) in [7, 11) is 0. The third-order valence-electron chi connectivity index (χ3n) is 6.37. The van der Waals surface area contributed by atoms with E-state index in [-0.39, 0.29) is 23.1 Å². The fourth-order valence-electron chi connectivity index (χ4n) is 4.52. The molecule has 0 saturated heterocycles. The Hall–Kier alpha value is -3.78. The maximum absolute atomic E-state index is 13.8. The molecule has 0 spiro atoms. The number of fused-ring (bicyclic) bond motifs is 1. The van der Waals surface area contributed by atoms with E-state index < -0.39 is 6.04 Å². The third kappa shape index (κ3) is 5.09. The SMILES string of the molecule is Cc1ccc(C(=O)N(CCCN)[C@@H](c2nc3onc(C)c3c(=O)n2Cc2ccccc2)C(C)C)cc1. The van der Waals surface area contributed by atoms with E-state index in [1.54, 1.807) is 16.4 Å². The van der Waals surface area contributed by atoms with Gasteiger partial charge in [0, 0.05) is 12.1 Å². The van der Waals surface area contributed by atoms with Gasteiger partial charge in [0.05, 0.1) is 18.3 Å². The lowest BCUT2D eigenvalue weighted by Crippen LogP contribution is -2.42. The second kappa shape index (κ2) is 10.9. The monoisotopic (exact) mass is 487 g/mol. The summed E-state index contributed by atoms with van der Waals surface area (Å²) < 4.78 is 7.08. The molecule has 0 aliphatic carbocycles. The molecule has 0 fully saturated rings. The van der Waals surface area contributed by atoms with E-state index in [4.69, 9.17) is 15.2 Å². The van der Waals surface area contributed by atoms with Crippen LogP contribution in [0, 0.1) is 19.8 Å². The average molecular weight is 488 g/mol. The fourth-order valence-corrected chi connectivity index (χ4v) is 4.52. The first-order chi connectivity index (χ1) is 17.3. The molecule has 0 aliphatic rings. The predicted octanol–water partition coefficient (Wildman–Crippen LogP) is 4.24. The Kier molecular flexibility index (Phi) is 7.64. The fraction of sp³-hybridized carbons (Fsp3) is 0.357. The lowest BCUT2D eigenvalue weighted by atomic mass is 9.98. The Morgan fingerprint density at radius 1 is 1.08 bits per heavy atom. The highest BCUT2D eigenvalue weighted by Crippen LogP contribution is 2.30. The third-order valence-corrected chi connectivity index (χ3v) is 6.37. The summed E-state index contributed by atoms with van der Waals surface area (Å²) in [6.07, 6.45) is 0.618. The summed E-state index contributed by atoms with van der Waals surface area (Å²) in [6, 6.07) is 16.8. The topological polar surface area (TPSA) is 107 Å². The van der Waals surface area contributed by atoms with Gasteiger partial charge in [0.25, 0.3) is 17.2 Å². The minimum Gasteiger partial charge on any atom is -0.335 e. The van der Waals surface area contributed by atoms with Crippen LogP contribution >= 0.6 is 0 Å². The second-order valence-electron chi connectivity index (χ2n) is 9.49. The van der Waals surface area contributed by atoms with Gasteiger partial charge in [-0.15, -0.1) is 0 Å². The number of aryl methyl sites for hydroxylation is 2. The van der Waals surface area contributed by atoms with Crippen molar-refractivity contribution in [2.24, 2.45) is 11.7 Å². The summed E-state index contributed by atoms with van der Waals surface area (Å²) >= 11 is 0. The van der Waals surface area contributed by atoms with Crippen LogP contribution in [0.5, 0.6) is 0 Å². The number of hydrogen-bond donors (Lipinski definition) is 1. The summed E-state index contributed by atoms with van der Waals surface area (Å²) in [4.78, 5) is 34.2. The molecule has 8 heteroatoms. The number of aromatic nitrogens is 3. The number of nitrogens with zero attached hydrogens (tertiary/aromatic N) is 4. The number of benzene rings is 2. The van der Waals surface area contributed by atoms with E-state index in [1.165, 1.54) is 0 Å². The van der Waals surface area contributed by atoms with Crippen molar-refractivity contribution >= 4 is 17.0 Å². The van der Waals surface area contributed by atoms with Crippen LogP contribution in [0.15, 0.2) is 63.9 Å². The number of hydrogen-bond acceptors (Lipinski definition) is 6. The second-order valence-corrected chi connectivity index (χ2v) is 9.49. The van der Waals surface area contributed by atoms with Crippen LogP contribution in [-0.2, 0) is 6.54 Å². The summed E-state index contributed by atoms with van der Waals surface area (Å²) in [5, 5.41) is 4.34. The Morgan fingerprint density at radius 3 is 2.42 bits per heavy atom. The van der Waals surface area contributed by atoms with Gasteiger partial charge in [-0.25, -0.2) is 0 Å². The van der Waals surface area contributed by atoms with E-state index in [0.717, 1.165) is 11.1 Å². The minimum absolute atomic E-state index is 0.0486. The molecule has 2 N–H and O–H groups in total. The smallest absolute Gasteiger partial charge is 0.267 e. The molecule has 0 unspecified atom stereocenters. The highest BCUT2D eigenvalue weighted by Gasteiger charge is 2.33. The Labute approximate surface area is 210 Å². The van der Waals surface area contributed by atoms with Crippen LogP contribution in [0.2, 0.25) is 0 Å². The van der Waals surface area contributed by atoms with Crippen LogP contribution in [0.25, 0.3) is 11.1 Å². The normalized spacial score (nSPS) is 12.3. The van der Waals surface area contributed by atoms with Gasteiger partial charge in [-0.05, 0) is 50.4 Å². The maximum atomic E-state index is 13.8. The molecule has 0 radical (unpaired) electrons. The Bertz CT molecular complexity index is 1390.